The van der Waals surface area contributed by atoms with Crippen LogP contribution in [0.15, 0.2) is 60.7 Å². The zero-order valence-corrected chi connectivity index (χ0v) is 21.8. The van der Waals surface area contributed by atoms with Crippen LogP contribution in [0, 0.1) is 0 Å². The van der Waals surface area contributed by atoms with Crippen LogP contribution in [0.25, 0.3) is 0 Å². The predicted octanol–water partition coefficient (Wildman–Crippen LogP) is 3.40. The van der Waals surface area contributed by atoms with Crippen molar-refractivity contribution in [2.75, 3.05) is 0 Å². The molecule has 3 aromatic carbocycles. The SMILES string of the molecule is CC1(C)O[C@@H]2O[C@H]([C@H](O)c3cc(O)c4c(c3O)C(=O)c3ccccc3C4=O)[C@@](C)(OC(=O)c3ccccc3)[C@H]2O1. The lowest BCUT2D eigenvalue weighted by Gasteiger charge is -2.37. The Morgan fingerprint density at radius 2 is 1.50 bits per heavy atom. The highest BCUT2D eigenvalue weighted by atomic mass is 16.8. The van der Waals surface area contributed by atoms with Crippen molar-refractivity contribution in [2.24, 2.45) is 0 Å². The number of phenolic OH excluding ortho intramolecular Hbond substituents is 2. The van der Waals surface area contributed by atoms with Crippen LogP contribution in [0.5, 0.6) is 11.5 Å². The van der Waals surface area contributed by atoms with Gasteiger partial charge < -0.3 is 34.3 Å². The molecule has 10 heteroatoms. The molecule has 0 aromatic heterocycles. The average molecular weight is 547 g/mol. The maximum absolute atomic E-state index is 13.3. The number of ether oxygens (including phenoxy) is 4. The highest BCUT2D eigenvalue weighted by Crippen LogP contribution is 2.51. The van der Waals surface area contributed by atoms with Crippen LogP contribution in [0.3, 0.4) is 0 Å². The van der Waals surface area contributed by atoms with Crippen LogP contribution >= 0.6 is 0 Å². The van der Waals surface area contributed by atoms with Gasteiger partial charge in [-0.1, -0.05) is 42.5 Å². The Morgan fingerprint density at radius 1 is 0.900 bits per heavy atom. The summed E-state index contributed by atoms with van der Waals surface area (Å²) in [4.78, 5) is 39.6. The molecule has 0 spiro atoms. The highest BCUT2D eigenvalue weighted by Gasteiger charge is 2.65. The summed E-state index contributed by atoms with van der Waals surface area (Å²) in [6, 6.07) is 15.3. The Labute approximate surface area is 228 Å². The van der Waals surface area contributed by atoms with Crippen molar-refractivity contribution < 1.29 is 48.7 Å². The van der Waals surface area contributed by atoms with Gasteiger partial charge in [0.1, 0.15) is 23.7 Å². The maximum Gasteiger partial charge on any atom is 0.338 e. The first kappa shape index (κ1) is 26.1. The number of phenols is 2. The van der Waals surface area contributed by atoms with Gasteiger partial charge in [-0.3, -0.25) is 9.59 Å². The minimum Gasteiger partial charge on any atom is -0.507 e. The molecule has 0 unspecified atom stereocenters. The zero-order chi connectivity index (χ0) is 28.6. The molecule has 2 aliphatic heterocycles. The van der Waals surface area contributed by atoms with Gasteiger partial charge in [-0.25, -0.2) is 4.79 Å². The van der Waals surface area contributed by atoms with E-state index in [1.54, 1.807) is 56.3 Å². The molecule has 3 N–H and O–H groups in total. The monoisotopic (exact) mass is 546 g/mol. The number of aliphatic hydroxyl groups is 1. The van der Waals surface area contributed by atoms with E-state index in [9.17, 15) is 29.7 Å². The van der Waals surface area contributed by atoms with Gasteiger partial charge in [0.2, 0.25) is 0 Å². The van der Waals surface area contributed by atoms with E-state index in [4.69, 9.17) is 18.9 Å². The van der Waals surface area contributed by atoms with Crippen molar-refractivity contribution in [1.82, 2.24) is 0 Å². The van der Waals surface area contributed by atoms with Crippen molar-refractivity contribution in [1.29, 1.82) is 0 Å². The van der Waals surface area contributed by atoms with E-state index in [0.29, 0.717) is 0 Å². The molecule has 2 fully saturated rings. The number of fused-ring (bicyclic) bond motifs is 3. The first-order chi connectivity index (χ1) is 18.9. The smallest absolute Gasteiger partial charge is 0.338 e. The Bertz CT molecular complexity index is 1560. The summed E-state index contributed by atoms with van der Waals surface area (Å²) in [5, 5.41) is 33.7. The first-order valence-electron chi connectivity index (χ1n) is 12.7. The lowest BCUT2D eigenvalue weighted by Crippen LogP contribution is -2.52. The fraction of sp³-hybridized carbons (Fsp3) is 0.300. The molecule has 3 aliphatic rings. The number of hydrogen-bond donors (Lipinski definition) is 3. The van der Waals surface area contributed by atoms with E-state index < -0.39 is 70.6 Å². The van der Waals surface area contributed by atoms with Gasteiger partial charge in [-0.2, -0.15) is 0 Å². The molecule has 6 rings (SSSR count). The Hall–Kier alpha value is -4.09. The van der Waals surface area contributed by atoms with Crippen molar-refractivity contribution in [3.8, 4) is 11.5 Å². The number of esters is 1. The van der Waals surface area contributed by atoms with Crippen LogP contribution in [-0.2, 0) is 18.9 Å². The third-order valence-electron chi connectivity index (χ3n) is 7.58. The number of aliphatic hydroxyl groups excluding tert-OH is 1. The van der Waals surface area contributed by atoms with Gasteiger partial charge >= 0.3 is 5.97 Å². The van der Waals surface area contributed by atoms with E-state index >= 15 is 0 Å². The fourth-order valence-corrected chi connectivity index (χ4v) is 5.66. The van der Waals surface area contributed by atoms with Crippen LogP contribution in [-0.4, -0.2) is 62.7 Å². The molecule has 3 aromatic rings. The minimum absolute atomic E-state index is 0.0543. The molecule has 0 bridgehead atoms. The highest BCUT2D eigenvalue weighted by molar-refractivity contribution is 6.30. The number of benzene rings is 3. The van der Waals surface area contributed by atoms with Crippen LogP contribution in [0.2, 0.25) is 0 Å². The largest absolute Gasteiger partial charge is 0.507 e. The molecule has 5 atom stereocenters. The summed E-state index contributed by atoms with van der Waals surface area (Å²) in [5.74, 6) is -4.44. The van der Waals surface area contributed by atoms with Crippen LogP contribution in [0.4, 0.5) is 0 Å². The van der Waals surface area contributed by atoms with E-state index in [2.05, 4.69) is 0 Å². The van der Waals surface area contributed by atoms with Gasteiger partial charge in [0.05, 0.1) is 16.7 Å². The lowest BCUT2D eigenvalue weighted by atomic mass is 9.80. The third kappa shape index (κ3) is 3.83. The lowest BCUT2D eigenvalue weighted by molar-refractivity contribution is -0.240. The van der Waals surface area contributed by atoms with E-state index in [-0.39, 0.29) is 27.8 Å². The standard InChI is InChI=1S/C30H26O10/c1-29(2)38-26-28(40-29)37-25(30(26,3)39-27(36)14-9-5-4-6-10-14)24(35)17-13-18(31)19-20(23(17)34)22(33)16-12-8-7-11-15(16)21(19)32/h4-13,24-26,28,31,34-35H,1-3H3/t24-,25-,26+,28+,30-/m1/s1. The van der Waals surface area contributed by atoms with Gasteiger partial charge in [0, 0.05) is 16.7 Å². The molecular formula is C30H26O10. The molecule has 40 heavy (non-hydrogen) atoms. The number of aromatic hydroxyl groups is 2. The molecule has 2 heterocycles. The minimum atomic E-state index is -1.76. The topological polar surface area (TPSA) is 149 Å². The number of carbonyl (C=O) groups excluding carboxylic acids is 3. The Balaban J connectivity index is 1.42. The summed E-state index contributed by atoms with van der Waals surface area (Å²) in [6.07, 6.45) is -5.16. The first-order valence-corrected chi connectivity index (χ1v) is 12.7. The number of hydrogen-bond acceptors (Lipinski definition) is 10. The van der Waals surface area contributed by atoms with Gasteiger partial charge in [0.25, 0.3) is 0 Å². The van der Waals surface area contributed by atoms with Gasteiger partial charge in [-0.15, -0.1) is 0 Å². The van der Waals surface area contributed by atoms with Crippen molar-refractivity contribution in [3.63, 3.8) is 0 Å². The predicted molar refractivity (Wildman–Crippen MR) is 137 cm³/mol. The summed E-state index contributed by atoms with van der Waals surface area (Å²) >= 11 is 0. The molecule has 0 saturated carbocycles. The molecule has 0 radical (unpaired) electrons. The zero-order valence-electron chi connectivity index (χ0n) is 21.8. The van der Waals surface area contributed by atoms with E-state index in [1.807, 2.05) is 0 Å². The Kier molecular flexibility index (Phi) is 5.86. The van der Waals surface area contributed by atoms with Crippen LogP contribution in [0.1, 0.15) is 74.6 Å². The van der Waals surface area contributed by atoms with Crippen LogP contribution < -0.4 is 0 Å². The Morgan fingerprint density at radius 3 is 2.15 bits per heavy atom. The molecule has 0 amide bonds. The molecule has 2 saturated heterocycles. The number of carbonyl (C=O) groups is 3. The van der Waals surface area contributed by atoms with E-state index in [0.717, 1.165) is 6.07 Å². The van der Waals surface area contributed by atoms with Gasteiger partial charge in [0.15, 0.2) is 35.3 Å². The quantitative estimate of drug-likeness (QED) is 0.257. The average Bonchev–Trinajstić information content (AvgIpc) is 3.38. The number of ketones is 2. The number of rotatable bonds is 4. The second kappa shape index (κ2) is 8.97. The second-order valence-corrected chi connectivity index (χ2v) is 10.7. The second-order valence-electron chi connectivity index (χ2n) is 10.7. The molecular weight excluding hydrogens is 520 g/mol. The van der Waals surface area contributed by atoms with Gasteiger partial charge in [-0.05, 0) is 39.0 Å². The summed E-state index contributed by atoms with van der Waals surface area (Å²) in [6.45, 7) is 4.83. The summed E-state index contributed by atoms with van der Waals surface area (Å²) < 4.78 is 23.8. The van der Waals surface area contributed by atoms with Crippen molar-refractivity contribution >= 4 is 17.5 Å². The summed E-state index contributed by atoms with van der Waals surface area (Å²) in [5.41, 5.74) is -2.38. The maximum atomic E-state index is 13.3. The van der Waals surface area contributed by atoms with E-state index in [1.165, 1.54) is 19.1 Å². The molecule has 206 valence electrons. The molecule has 1 aliphatic carbocycles. The molecule has 10 nitrogen and oxygen atoms in total. The summed E-state index contributed by atoms with van der Waals surface area (Å²) in [7, 11) is 0. The normalized spacial score (nSPS) is 27.1. The third-order valence-corrected chi connectivity index (χ3v) is 7.58. The fourth-order valence-electron chi connectivity index (χ4n) is 5.66. The van der Waals surface area contributed by atoms with Crippen molar-refractivity contribution in [2.45, 2.75) is 56.8 Å². The van der Waals surface area contributed by atoms with Crippen molar-refractivity contribution in [3.05, 3.63) is 94.0 Å².